The van der Waals surface area contributed by atoms with Crippen molar-refractivity contribution in [2.24, 2.45) is 0 Å². The van der Waals surface area contributed by atoms with Crippen LogP contribution < -0.4 is 0 Å². The molecule has 3 nitrogen and oxygen atoms in total. The van der Waals surface area contributed by atoms with E-state index in [0.717, 1.165) is 15.4 Å². The van der Waals surface area contributed by atoms with Crippen molar-refractivity contribution in [1.82, 2.24) is 4.98 Å². The highest BCUT2D eigenvalue weighted by Gasteiger charge is 2.19. The Morgan fingerprint density at radius 3 is 2.85 bits per heavy atom. The minimum absolute atomic E-state index is 0.101. The summed E-state index contributed by atoms with van der Waals surface area (Å²) in [5.41, 5.74) is 1.01. The monoisotopic (exact) mass is 307 g/mol. The molecule has 1 saturated carbocycles. The quantitative estimate of drug-likeness (QED) is 0.901. The third-order valence-electron chi connectivity index (χ3n) is 3.72. The second-order valence-corrected chi connectivity index (χ2v) is 7.30. The standard InChI is InChI=1S/C15H17NO2S2/c17-14(18)8-11-6-7-13(20-11)12-9-19-15(16-12)10-4-2-1-3-5-10/h6-7,9-10H,1-5,8H2,(H,17,18). The number of rotatable bonds is 4. The van der Waals surface area contributed by atoms with Gasteiger partial charge in [-0.2, -0.15) is 0 Å². The number of hydrogen-bond donors (Lipinski definition) is 1. The van der Waals surface area contributed by atoms with Crippen molar-refractivity contribution < 1.29 is 9.90 Å². The van der Waals surface area contributed by atoms with Crippen LogP contribution in [0.5, 0.6) is 0 Å². The minimum Gasteiger partial charge on any atom is -0.481 e. The zero-order chi connectivity index (χ0) is 13.9. The van der Waals surface area contributed by atoms with Crippen molar-refractivity contribution in [3.05, 3.63) is 27.4 Å². The Hall–Kier alpha value is -1.20. The summed E-state index contributed by atoms with van der Waals surface area (Å²) >= 11 is 3.29. The average molecular weight is 307 g/mol. The number of nitrogens with zero attached hydrogens (tertiary/aromatic N) is 1. The lowest BCUT2D eigenvalue weighted by Gasteiger charge is -2.18. The third kappa shape index (κ3) is 3.10. The largest absolute Gasteiger partial charge is 0.481 e. The first-order valence-corrected chi connectivity index (χ1v) is 8.68. The van der Waals surface area contributed by atoms with E-state index < -0.39 is 5.97 Å². The van der Waals surface area contributed by atoms with Crippen molar-refractivity contribution in [2.45, 2.75) is 44.4 Å². The number of carbonyl (C=O) groups is 1. The lowest BCUT2D eigenvalue weighted by Crippen LogP contribution is -2.03. The van der Waals surface area contributed by atoms with Crippen LogP contribution in [-0.4, -0.2) is 16.1 Å². The van der Waals surface area contributed by atoms with Gasteiger partial charge in [-0.1, -0.05) is 19.3 Å². The molecule has 0 amide bonds. The SMILES string of the molecule is O=C(O)Cc1ccc(-c2csc(C3CCCCC3)n2)s1. The van der Waals surface area contributed by atoms with Crippen molar-refractivity contribution in [2.75, 3.05) is 0 Å². The molecule has 0 radical (unpaired) electrons. The van der Waals surface area contributed by atoms with Gasteiger partial charge in [0.15, 0.2) is 0 Å². The molecule has 0 bridgehead atoms. The Morgan fingerprint density at radius 2 is 2.10 bits per heavy atom. The fraction of sp³-hybridized carbons (Fsp3) is 0.467. The second kappa shape index (κ2) is 6.06. The Bertz CT molecular complexity index is 597. The molecule has 0 saturated heterocycles. The molecule has 0 atom stereocenters. The van der Waals surface area contributed by atoms with Gasteiger partial charge in [0.05, 0.1) is 22.0 Å². The van der Waals surface area contributed by atoms with Crippen molar-refractivity contribution in [1.29, 1.82) is 0 Å². The first-order chi connectivity index (χ1) is 9.72. The van der Waals surface area contributed by atoms with Crippen LogP contribution in [0.15, 0.2) is 17.5 Å². The summed E-state index contributed by atoms with van der Waals surface area (Å²) in [6.45, 7) is 0. The van der Waals surface area contributed by atoms with E-state index in [0.29, 0.717) is 5.92 Å². The first-order valence-electron chi connectivity index (χ1n) is 6.98. The van der Waals surface area contributed by atoms with Crippen LogP contribution in [0.4, 0.5) is 0 Å². The van der Waals surface area contributed by atoms with E-state index in [4.69, 9.17) is 10.1 Å². The van der Waals surface area contributed by atoms with Gasteiger partial charge in [0.25, 0.3) is 0 Å². The molecule has 0 spiro atoms. The van der Waals surface area contributed by atoms with Gasteiger partial charge >= 0.3 is 5.97 Å². The molecule has 0 aromatic carbocycles. The number of aromatic nitrogens is 1. The molecule has 3 rings (SSSR count). The summed E-state index contributed by atoms with van der Waals surface area (Å²) in [7, 11) is 0. The summed E-state index contributed by atoms with van der Waals surface area (Å²) < 4.78 is 0. The third-order valence-corrected chi connectivity index (χ3v) is 5.83. The Labute approximate surface area is 126 Å². The number of aliphatic carboxylic acids is 1. The molecule has 1 N–H and O–H groups in total. The number of thiazole rings is 1. The number of thiophene rings is 1. The van der Waals surface area contributed by atoms with Crippen LogP contribution in [0.2, 0.25) is 0 Å². The molecule has 1 aliphatic carbocycles. The van der Waals surface area contributed by atoms with Crippen LogP contribution in [-0.2, 0) is 11.2 Å². The van der Waals surface area contributed by atoms with E-state index in [1.165, 1.54) is 48.4 Å². The Kier molecular flexibility index (Phi) is 4.17. The van der Waals surface area contributed by atoms with Gasteiger partial charge in [0.2, 0.25) is 0 Å². The number of carboxylic acid groups (broad SMARTS) is 1. The molecule has 20 heavy (non-hydrogen) atoms. The van der Waals surface area contributed by atoms with E-state index in [9.17, 15) is 4.79 Å². The fourth-order valence-electron chi connectivity index (χ4n) is 2.70. The smallest absolute Gasteiger partial charge is 0.308 e. The molecule has 2 aromatic rings. The van der Waals surface area contributed by atoms with Gasteiger partial charge in [-0.25, -0.2) is 4.98 Å². The molecule has 1 aliphatic rings. The van der Waals surface area contributed by atoms with Gasteiger partial charge in [0.1, 0.15) is 0 Å². The number of carboxylic acids is 1. The van der Waals surface area contributed by atoms with Crippen molar-refractivity contribution in [3.63, 3.8) is 0 Å². The number of hydrogen-bond acceptors (Lipinski definition) is 4. The normalized spacial score (nSPS) is 16.4. The zero-order valence-electron chi connectivity index (χ0n) is 11.2. The van der Waals surface area contributed by atoms with Gasteiger partial charge in [-0.15, -0.1) is 22.7 Å². The molecule has 0 aliphatic heterocycles. The maximum Gasteiger partial charge on any atom is 0.308 e. The highest BCUT2D eigenvalue weighted by molar-refractivity contribution is 7.16. The molecule has 106 valence electrons. The summed E-state index contributed by atoms with van der Waals surface area (Å²) in [5, 5.41) is 12.2. The van der Waals surface area contributed by atoms with Crippen molar-refractivity contribution in [3.8, 4) is 10.6 Å². The van der Waals surface area contributed by atoms with E-state index in [-0.39, 0.29) is 6.42 Å². The molecule has 2 heterocycles. The predicted molar refractivity (Wildman–Crippen MR) is 82.6 cm³/mol. The van der Waals surface area contributed by atoms with E-state index in [2.05, 4.69) is 5.38 Å². The Balaban J connectivity index is 1.75. The van der Waals surface area contributed by atoms with E-state index >= 15 is 0 Å². The lowest BCUT2D eigenvalue weighted by molar-refractivity contribution is -0.136. The topological polar surface area (TPSA) is 50.2 Å². The predicted octanol–water partition coefficient (Wildman–Crippen LogP) is 4.55. The summed E-state index contributed by atoms with van der Waals surface area (Å²) in [4.78, 5) is 17.5. The highest BCUT2D eigenvalue weighted by Crippen LogP contribution is 2.37. The highest BCUT2D eigenvalue weighted by atomic mass is 32.1. The minimum atomic E-state index is -0.778. The fourth-order valence-corrected chi connectivity index (χ4v) is 4.72. The zero-order valence-corrected chi connectivity index (χ0v) is 12.8. The van der Waals surface area contributed by atoms with Gasteiger partial charge in [0, 0.05) is 16.2 Å². The Morgan fingerprint density at radius 1 is 1.30 bits per heavy atom. The van der Waals surface area contributed by atoms with Crippen LogP contribution in [0.1, 0.15) is 47.9 Å². The summed E-state index contributed by atoms with van der Waals surface area (Å²) in [6, 6.07) is 3.89. The van der Waals surface area contributed by atoms with Crippen LogP contribution in [0, 0.1) is 0 Å². The van der Waals surface area contributed by atoms with Crippen LogP contribution in [0.3, 0.4) is 0 Å². The van der Waals surface area contributed by atoms with Gasteiger partial charge in [-0.3, -0.25) is 4.79 Å². The van der Waals surface area contributed by atoms with E-state index in [1.54, 1.807) is 11.3 Å². The van der Waals surface area contributed by atoms with Crippen molar-refractivity contribution >= 4 is 28.6 Å². The van der Waals surface area contributed by atoms with E-state index in [1.807, 2.05) is 12.1 Å². The molecular formula is C15H17NO2S2. The maximum absolute atomic E-state index is 10.7. The maximum atomic E-state index is 10.7. The second-order valence-electron chi connectivity index (χ2n) is 5.24. The average Bonchev–Trinajstić information content (AvgIpc) is 3.07. The van der Waals surface area contributed by atoms with Gasteiger partial charge in [-0.05, 0) is 25.0 Å². The molecule has 1 fully saturated rings. The summed E-state index contributed by atoms with van der Waals surface area (Å²) in [6.07, 6.45) is 6.63. The van der Waals surface area contributed by atoms with Crippen LogP contribution >= 0.6 is 22.7 Å². The molecular weight excluding hydrogens is 290 g/mol. The summed E-state index contributed by atoms with van der Waals surface area (Å²) in [5.74, 6) is -0.138. The molecule has 0 unspecified atom stereocenters. The lowest BCUT2D eigenvalue weighted by atomic mass is 9.90. The first kappa shape index (κ1) is 13.8. The molecule has 5 heteroatoms. The molecule has 2 aromatic heterocycles. The van der Waals surface area contributed by atoms with Gasteiger partial charge < -0.3 is 5.11 Å². The van der Waals surface area contributed by atoms with Crippen LogP contribution in [0.25, 0.3) is 10.6 Å².